The number of amides is 1. The molecule has 0 saturated heterocycles. The van der Waals surface area contributed by atoms with Gasteiger partial charge in [-0.05, 0) is 36.2 Å². The van der Waals surface area contributed by atoms with Gasteiger partial charge in [0.2, 0.25) is 5.91 Å². The number of carbonyl (C=O) groups excluding carboxylic acids is 1. The van der Waals surface area contributed by atoms with Crippen molar-refractivity contribution in [2.75, 3.05) is 6.54 Å². The molecule has 4 aromatic rings. The lowest BCUT2D eigenvalue weighted by Gasteiger charge is -2.29. The monoisotopic (exact) mass is 375 g/mol. The number of para-hydroxylation sites is 1. The highest BCUT2D eigenvalue weighted by Gasteiger charge is 2.27. The highest BCUT2D eigenvalue weighted by Crippen LogP contribution is 2.29. The van der Waals surface area contributed by atoms with Gasteiger partial charge in [0.15, 0.2) is 0 Å². The summed E-state index contributed by atoms with van der Waals surface area (Å²) in [6.45, 7) is 3.23. The van der Waals surface area contributed by atoms with E-state index in [0.29, 0.717) is 19.5 Å². The summed E-state index contributed by atoms with van der Waals surface area (Å²) in [5.74, 6) is -0.199. The third-order valence-electron chi connectivity index (χ3n) is 5.87. The van der Waals surface area contributed by atoms with Gasteiger partial charge in [-0.15, -0.1) is 0 Å². The summed E-state index contributed by atoms with van der Waals surface area (Å²) in [7, 11) is 0. The third kappa shape index (κ3) is 2.78. The van der Waals surface area contributed by atoms with E-state index in [0.717, 1.165) is 34.1 Å². The first kappa shape index (κ1) is 17.0. The molecular formula is C23H22FN3O. The van der Waals surface area contributed by atoms with Crippen LogP contribution in [0.15, 0.2) is 48.7 Å². The number of benzene rings is 2. The highest BCUT2D eigenvalue weighted by atomic mass is 19.1. The molecule has 2 N–H and O–H groups in total. The molecule has 0 aliphatic carbocycles. The minimum atomic E-state index is -0.245. The Balaban J connectivity index is 1.37. The van der Waals surface area contributed by atoms with Gasteiger partial charge in [-0.2, -0.15) is 0 Å². The molecule has 1 aliphatic rings. The zero-order valence-electron chi connectivity index (χ0n) is 15.8. The van der Waals surface area contributed by atoms with Crippen molar-refractivity contribution in [1.82, 2.24) is 14.9 Å². The van der Waals surface area contributed by atoms with Crippen LogP contribution in [0.5, 0.6) is 0 Å². The molecule has 5 heteroatoms. The van der Waals surface area contributed by atoms with Crippen LogP contribution in [0.2, 0.25) is 0 Å². The first-order valence-corrected chi connectivity index (χ1v) is 9.73. The maximum absolute atomic E-state index is 13.7. The Bertz CT molecular complexity index is 1190. The zero-order chi connectivity index (χ0) is 19.3. The molecule has 0 spiro atoms. The van der Waals surface area contributed by atoms with Crippen molar-refractivity contribution in [3.05, 3.63) is 71.3 Å². The summed E-state index contributed by atoms with van der Waals surface area (Å²) < 4.78 is 13.7. The van der Waals surface area contributed by atoms with Gasteiger partial charge in [-0.25, -0.2) is 4.39 Å². The Morgan fingerprint density at radius 2 is 2.04 bits per heavy atom. The number of aromatic nitrogens is 2. The van der Waals surface area contributed by atoms with E-state index >= 15 is 0 Å². The number of aromatic amines is 2. The van der Waals surface area contributed by atoms with Gasteiger partial charge in [0, 0.05) is 64.7 Å². The summed E-state index contributed by atoms with van der Waals surface area (Å²) in [5, 5.41) is 2.06. The predicted octanol–water partition coefficient (Wildman–Crippen LogP) is 4.55. The summed E-state index contributed by atoms with van der Waals surface area (Å²) in [6.07, 6.45) is 3.48. The van der Waals surface area contributed by atoms with Crippen molar-refractivity contribution < 1.29 is 9.18 Å². The Morgan fingerprint density at radius 1 is 1.18 bits per heavy atom. The number of halogens is 1. The number of carbonyl (C=O) groups is 1. The molecule has 2 aromatic heterocycles. The van der Waals surface area contributed by atoms with Crippen molar-refractivity contribution in [2.24, 2.45) is 5.92 Å². The van der Waals surface area contributed by atoms with Gasteiger partial charge in [-0.3, -0.25) is 4.79 Å². The van der Waals surface area contributed by atoms with Gasteiger partial charge in [0.25, 0.3) is 0 Å². The molecule has 1 amide bonds. The molecule has 0 unspecified atom stereocenters. The van der Waals surface area contributed by atoms with E-state index in [1.165, 1.54) is 17.0 Å². The Kier molecular flexibility index (Phi) is 3.97. The van der Waals surface area contributed by atoms with E-state index in [1.54, 1.807) is 12.1 Å². The Hall–Kier alpha value is -3.08. The summed E-state index contributed by atoms with van der Waals surface area (Å²) in [6, 6.07) is 13.0. The molecule has 5 rings (SSSR count). The van der Waals surface area contributed by atoms with Gasteiger partial charge in [-0.1, -0.05) is 25.1 Å². The lowest BCUT2D eigenvalue weighted by atomic mass is 9.97. The SMILES string of the molecule is C[C@H](Cc1c[nH]c2ccccc12)C(=O)N1CCc2[nH]c3ccc(F)cc3c2C1. The molecule has 0 fully saturated rings. The van der Waals surface area contributed by atoms with Crippen LogP contribution < -0.4 is 0 Å². The van der Waals surface area contributed by atoms with Gasteiger partial charge in [0.05, 0.1) is 0 Å². The van der Waals surface area contributed by atoms with Crippen LogP contribution in [0.25, 0.3) is 21.8 Å². The van der Waals surface area contributed by atoms with E-state index in [4.69, 9.17) is 0 Å². The van der Waals surface area contributed by atoms with Crippen LogP contribution in [0.3, 0.4) is 0 Å². The second-order valence-corrected chi connectivity index (χ2v) is 7.75. The van der Waals surface area contributed by atoms with E-state index < -0.39 is 0 Å². The number of hydrogen-bond acceptors (Lipinski definition) is 1. The highest BCUT2D eigenvalue weighted by molar-refractivity contribution is 5.87. The molecule has 0 saturated carbocycles. The third-order valence-corrected chi connectivity index (χ3v) is 5.87. The smallest absolute Gasteiger partial charge is 0.226 e. The molecule has 4 nitrogen and oxygen atoms in total. The van der Waals surface area contributed by atoms with Crippen LogP contribution in [0.4, 0.5) is 4.39 Å². The fourth-order valence-electron chi connectivity index (χ4n) is 4.40. The van der Waals surface area contributed by atoms with Crippen LogP contribution >= 0.6 is 0 Å². The van der Waals surface area contributed by atoms with Crippen molar-refractivity contribution in [1.29, 1.82) is 0 Å². The first-order valence-electron chi connectivity index (χ1n) is 9.73. The number of nitrogens with one attached hydrogen (secondary N) is 2. The fourth-order valence-corrected chi connectivity index (χ4v) is 4.40. The topological polar surface area (TPSA) is 51.9 Å². The predicted molar refractivity (Wildman–Crippen MR) is 109 cm³/mol. The second kappa shape index (κ2) is 6.51. The summed E-state index contributed by atoms with van der Waals surface area (Å²) >= 11 is 0. The van der Waals surface area contributed by atoms with Gasteiger partial charge >= 0.3 is 0 Å². The van der Waals surface area contributed by atoms with Crippen molar-refractivity contribution >= 4 is 27.7 Å². The van der Waals surface area contributed by atoms with E-state index in [2.05, 4.69) is 16.0 Å². The largest absolute Gasteiger partial charge is 0.361 e. The molecule has 0 bridgehead atoms. The standard InChI is InChI=1S/C23H22FN3O/c1-14(10-15-12-25-20-5-3-2-4-17(15)20)23(28)27-9-8-22-19(13-27)18-11-16(24)6-7-21(18)26-22/h2-7,11-12,14,25-26H,8-10,13H2,1H3/t14-/m1/s1. The number of rotatable bonds is 3. The average Bonchev–Trinajstić information content (AvgIpc) is 3.28. The molecule has 1 atom stereocenters. The molecular weight excluding hydrogens is 353 g/mol. The number of H-pyrrole nitrogens is 2. The van der Waals surface area contributed by atoms with Crippen molar-refractivity contribution in [2.45, 2.75) is 26.3 Å². The quantitative estimate of drug-likeness (QED) is 0.542. The lowest BCUT2D eigenvalue weighted by molar-refractivity contribution is -0.135. The second-order valence-electron chi connectivity index (χ2n) is 7.75. The first-order chi connectivity index (χ1) is 13.6. The van der Waals surface area contributed by atoms with E-state index in [9.17, 15) is 9.18 Å². The fraction of sp³-hybridized carbons (Fsp3) is 0.261. The van der Waals surface area contributed by atoms with Crippen molar-refractivity contribution in [3.8, 4) is 0 Å². The maximum Gasteiger partial charge on any atom is 0.226 e. The summed E-state index contributed by atoms with van der Waals surface area (Å²) in [5.41, 5.74) is 5.37. The van der Waals surface area contributed by atoms with Gasteiger partial charge in [0.1, 0.15) is 5.82 Å². The lowest BCUT2D eigenvalue weighted by Crippen LogP contribution is -2.39. The van der Waals surface area contributed by atoms with Crippen molar-refractivity contribution in [3.63, 3.8) is 0 Å². The van der Waals surface area contributed by atoms with Crippen LogP contribution in [0, 0.1) is 11.7 Å². The van der Waals surface area contributed by atoms with E-state index in [1.807, 2.05) is 36.2 Å². The number of hydrogen-bond donors (Lipinski definition) is 2. The number of fused-ring (bicyclic) bond motifs is 4. The maximum atomic E-state index is 13.7. The molecule has 1 aliphatic heterocycles. The Labute approximate surface area is 162 Å². The summed E-state index contributed by atoms with van der Waals surface area (Å²) in [4.78, 5) is 21.7. The Morgan fingerprint density at radius 3 is 2.93 bits per heavy atom. The van der Waals surface area contributed by atoms with Crippen LogP contribution in [-0.2, 0) is 24.2 Å². The molecule has 3 heterocycles. The van der Waals surface area contributed by atoms with Crippen LogP contribution in [-0.4, -0.2) is 27.3 Å². The minimum absolute atomic E-state index is 0.109. The zero-order valence-corrected chi connectivity index (χ0v) is 15.8. The molecule has 2 aromatic carbocycles. The van der Waals surface area contributed by atoms with Crippen LogP contribution in [0.1, 0.15) is 23.7 Å². The minimum Gasteiger partial charge on any atom is -0.361 e. The number of nitrogens with zero attached hydrogens (tertiary/aromatic N) is 1. The molecule has 28 heavy (non-hydrogen) atoms. The average molecular weight is 375 g/mol. The molecule has 0 radical (unpaired) electrons. The van der Waals surface area contributed by atoms with Gasteiger partial charge < -0.3 is 14.9 Å². The molecule has 142 valence electrons. The normalized spacial score (nSPS) is 15.1. The van der Waals surface area contributed by atoms with E-state index in [-0.39, 0.29) is 17.6 Å².